The normalized spacial score (nSPS) is 9.40. The summed E-state index contributed by atoms with van der Waals surface area (Å²) in [6.07, 6.45) is 0. The van der Waals surface area contributed by atoms with E-state index >= 15 is 0 Å². The van der Waals surface area contributed by atoms with E-state index in [2.05, 4.69) is 0 Å². The van der Waals surface area contributed by atoms with Crippen molar-refractivity contribution in [1.82, 2.24) is 0 Å². The molecule has 0 amide bonds. The van der Waals surface area contributed by atoms with Gasteiger partial charge < -0.3 is 19.4 Å². The summed E-state index contributed by atoms with van der Waals surface area (Å²) >= 11 is -4.01. The summed E-state index contributed by atoms with van der Waals surface area (Å²) in [6, 6.07) is 0. The molecule has 1 radical (unpaired) electrons. The zero-order chi connectivity index (χ0) is 8.08. The molecule has 7 nitrogen and oxygen atoms in total. The fourth-order valence-corrected chi connectivity index (χ4v) is 0. The standard InChI is InChI=1S/Ce.IO3.H2O4S/c;2-1(3)4;1-5(2,3)4/h;;(H2,1,2,3,4)/q+3;-1;/p-2. The second-order valence-corrected chi connectivity index (χ2v) is 2.49. The summed E-state index contributed by atoms with van der Waals surface area (Å²) in [5.41, 5.74) is 0. The molecule has 0 aliphatic rings. The van der Waals surface area contributed by atoms with Crippen molar-refractivity contribution in [1.29, 1.82) is 0 Å². The Morgan fingerprint density at radius 3 is 1.00 bits per heavy atom. The van der Waals surface area contributed by atoms with E-state index in [-0.39, 0.29) is 41.7 Å². The molecule has 0 unspecified atom stereocenters. The van der Waals surface area contributed by atoms with Crippen molar-refractivity contribution in [3.63, 3.8) is 0 Å². The van der Waals surface area contributed by atoms with Crippen molar-refractivity contribution in [2.75, 3.05) is 0 Å². The number of hydrogen-bond donors (Lipinski definition) is 0. The van der Waals surface area contributed by atoms with Crippen LogP contribution in [0.25, 0.3) is 0 Å². The average molecular weight is 411 g/mol. The maximum atomic E-state index is 8.57. The Morgan fingerprint density at radius 1 is 1.00 bits per heavy atom. The fraction of sp³-hybridized carbons (Fsp3) is 0. The second-order valence-electron chi connectivity index (χ2n) is 0.597. The van der Waals surface area contributed by atoms with Gasteiger partial charge >= 0.3 is 41.7 Å². The molecular formula is CeIO7S. The topological polar surface area (TPSA) is 149 Å². The summed E-state index contributed by atoms with van der Waals surface area (Å²) in [5.74, 6) is 0. The van der Waals surface area contributed by atoms with Gasteiger partial charge in [-0.15, -0.1) is 0 Å². The smallest absolute Gasteiger partial charge is 0.759 e. The first-order chi connectivity index (χ1) is 3.73. The van der Waals surface area contributed by atoms with Crippen LogP contribution in [0.4, 0.5) is 0 Å². The van der Waals surface area contributed by atoms with Gasteiger partial charge in [0.05, 0.1) is 0 Å². The largest absolute Gasteiger partial charge is 3.00 e. The first kappa shape index (κ1) is 17.8. The van der Waals surface area contributed by atoms with Crippen LogP contribution in [-0.2, 0) is 10.4 Å². The maximum absolute atomic E-state index is 8.57. The van der Waals surface area contributed by atoms with Crippen LogP contribution in [0.15, 0.2) is 0 Å². The summed E-state index contributed by atoms with van der Waals surface area (Å²) in [5, 5.41) is 0. The Morgan fingerprint density at radius 2 is 1.00 bits per heavy atom. The number of rotatable bonds is 0. The number of hydrogen-bond acceptors (Lipinski definition) is 7. The van der Waals surface area contributed by atoms with Crippen LogP contribution in [-0.4, -0.2) is 17.5 Å². The van der Waals surface area contributed by atoms with Crippen molar-refractivity contribution in [3.8, 4) is 0 Å². The molecule has 0 saturated heterocycles. The Balaban J connectivity index is -0.0000000910. The minimum atomic E-state index is -5.17. The van der Waals surface area contributed by atoms with Crippen LogP contribution in [0.2, 0.25) is 0 Å². The van der Waals surface area contributed by atoms with Gasteiger partial charge in [0.2, 0.25) is 0 Å². The molecule has 0 heterocycles. The van der Waals surface area contributed by atoms with Gasteiger partial charge in [0, 0.05) is 10.4 Å². The zero-order valence-electron chi connectivity index (χ0n) is 4.14. The molecule has 0 rings (SSSR count). The van der Waals surface area contributed by atoms with E-state index in [0.717, 1.165) is 0 Å². The van der Waals surface area contributed by atoms with Gasteiger partial charge in [-0.05, 0) is 0 Å². The van der Waals surface area contributed by atoms with E-state index in [0.29, 0.717) is 0 Å². The molecule has 0 aliphatic carbocycles. The predicted molar refractivity (Wildman–Crippen MR) is 10.5 cm³/mol. The minimum absolute atomic E-state index is 0. The molecule has 0 aliphatic heterocycles. The minimum Gasteiger partial charge on any atom is -0.759 e. The van der Waals surface area contributed by atoms with Crippen molar-refractivity contribution in [2.45, 2.75) is 0 Å². The fourth-order valence-electron chi connectivity index (χ4n) is 0. The molecule has 0 saturated carbocycles. The van der Waals surface area contributed by atoms with Crippen LogP contribution in [0.1, 0.15) is 0 Å². The van der Waals surface area contributed by atoms with Crippen LogP contribution in [0.3, 0.4) is 0 Å². The predicted octanol–water partition coefficient (Wildman–Crippen LogP) is -7.90. The Hall–Kier alpha value is 1.86. The SMILES string of the molecule is O=S(=O)([O-])[O-].[Ce+3].[O-][I+2]([O-])[O-]. The molecule has 10 heteroatoms. The number of halogens is 1. The molecule has 0 fully saturated rings. The van der Waals surface area contributed by atoms with E-state index in [4.69, 9.17) is 27.8 Å². The first-order valence-electron chi connectivity index (χ1n) is 1.13. The van der Waals surface area contributed by atoms with Crippen LogP contribution in [0, 0.1) is 41.7 Å². The van der Waals surface area contributed by atoms with Crippen molar-refractivity contribution < 1.29 is 90.6 Å². The zero-order valence-corrected chi connectivity index (χ0v) is 10.3. The van der Waals surface area contributed by atoms with E-state index in [1.807, 2.05) is 0 Å². The van der Waals surface area contributed by atoms with Gasteiger partial charge in [0.15, 0.2) is 0 Å². The molecule has 0 aromatic heterocycles. The average Bonchev–Trinajstić information content (AvgIpc) is 1.19. The van der Waals surface area contributed by atoms with Gasteiger partial charge in [0.25, 0.3) is 21.1 Å². The Kier molecular flexibility index (Phi) is 15.9. The van der Waals surface area contributed by atoms with E-state index in [1.165, 1.54) is 0 Å². The Bertz CT molecular complexity index is 125. The molecule has 0 spiro atoms. The molecule has 0 atom stereocenters. The van der Waals surface area contributed by atoms with Gasteiger partial charge in [-0.25, -0.2) is 0 Å². The van der Waals surface area contributed by atoms with Gasteiger partial charge in [-0.1, -0.05) is 0 Å². The molecule has 0 aromatic carbocycles. The van der Waals surface area contributed by atoms with Gasteiger partial charge in [0.1, 0.15) is 0 Å². The van der Waals surface area contributed by atoms with E-state index < -0.39 is 31.5 Å². The summed E-state index contributed by atoms with van der Waals surface area (Å²) in [6.45, 7) is 0. The summed E-state index contributed by atoms with van der Waals surface area (Å²) in [4.78, 5) is 0. The van der Waals surface area contributed by atoms with Crippen molar-refractivity contribution >= 4 is 10.4 Å². The molecule has 59 valence electrons. The third kappa shape index (κ3) is 224. The van der Waals surface area contributed by atoms with Crippen LogP contribution < -0.4 is 31.4 Å². The molecule has 0 bridgehead atoms. The monoisotopic (exact) mass is 411 g/mol. The molecular weight excluding hydrogens is 411 g/mol. The van der Waals surface area contributed by atoms with Crippen LogP contribution >= 0.6 is 0 Å². The third-order valence-corrected chi connectivity index (χ3v) is 0. The molecule has 0 aromatic rings. The van der Waals surface area contributed by atoms with E-state index in [1.54, 1.807) is 0 Å². The Labute approximate surface area is 99.4 Å². The quantitative estimate of drug-likeness (QED) is 0.218. The van der Waals surface area contributed by atoms with Gasteiger partial charge in [-0.2, -0.15) is 0 Å². The summed E-state index contributed by atoms with van der Waals surface area (Å²) in [7, 11) is -5.17. The maximum Gasteiger partial charge on any atom is 3.00 e. The summed E-state index contributed by atoms with van der Waals surface area (Å²) < 4.78 is 59.8. The van der Waals surface area contributed by atoms with Crippen molar-refractivity contribution in [3.05, 3.63) is 0 Å². The van der Waals surface area contributed by atoms with E-state index in [9.17, 15) is 0 Å². The van der Waals surface area contributed by atoms with Gasteiger partial charge in [-0.3, -0.25) is 8.42 Å². The molecule has 10 heavy (non-hydrogen) atoms. The second kappa shape index (κ2) is 8.95. The third-order valence-electron chi connectivity index (χ3n) is 0. The van der Waals surface area contributed by atoms with Crippen molar-refractivity contribution in [2.24, 2.45) is 0 Å². The first-order valence-corrected chi connectivity index (χ1v) is 5.11. The van der Waals surface area contributed by atoms with Crippen LogP contribution in [0.5, 0.6) is 0 Å². The molecule has 0 N–H and O–H groups in total.